The summed E-state index contributed by atoms with van der Waals surface area (Å²) < 4.78 is 0. The zero-order valence-corrected chi connectivity index (χ0v) is 16.6. The van der Waals surface area contributed by atoms with Gasteiger partial charge in [0, 0.05) is 43.4 Å². The third-order valence-electron chi connectivity index (χ3n) is 3.82. The van der Waals surface area contributed by atoms with Crippen LogP contribution in [0.25, 0.3) is 0 Å². The standard InChI is InChI=1S/C16H26N4S.HI/c1-3-19(15-7-5-4-6-14(15)2)9-8-18-16(17)20-10-12-21-13-11-20;/h4-7H,3,8-13H2,1-2H3,(H2,17,18);1H. The van der Waals surface area contributed by atoms with Gasteiger partial charge in [-0.25, -0.2) is 0 Å². The second-order valence-electron chi connectivity index (χ2n) is 5.21. The second kappa shape index (κ2) is 10.2. The molecule has 4 nitrogen and oxygen atoms in total. The van der Waals surface area contributed by atoms with Crippen LogP contribution in [0.15, 0.2) is 29.3 Å². The van der Waals surface area contributed by atoms with Crippen molar-refractivity contribution in [2.45, 2.75) is 13.8 Å². The van der Waals surface area contributed by atoms with Crippen molar-refractivity contribution in [3.8, 4) is 0 Å². The molecule has 124 valence electrons. The third kappa shape index (κ3) is 5.53. The van der Waals surface area contributed by atoms with E-state index in [2.05, 4.69) is 52.9 Å². The minimum Gasteiger partial charge on any atom is -0.370 e. The number of benzene rings is 1. The maximum Gasteiger partial charge on any atom is 0.191 e. The Morgan fingerprint density at radius 1 is 1.32 bits per heavy atom. The SMILES string of the molecule is CCN(CCN=C(N)N1CCSCC1)c1ccccc1C.I. The maximum atomic E-state index is 6.09. The number of likely N-dealkylation sites (N-methyl/N-ethyl adjacent to an activating group) is 1. The molecule has 0 unspecified atom stereocenters. The van der Waals surface area contributed by atoms with Crippen LogP contribution in [0.5, 0.6) is 0 Å². The Hall–Kier alpha value is -0.630. The van der Waals surface area contributed by atoms with Crippen LogP contribution in [0.1, 0.15) is 12.5 Å². The van der Waals surface area contributed by atoms with Gasteiger partial charge in [0.1, 0.15) is 0 Å². The molecule has 6 heteroatoms. The highest BCUT2D eigenvalue weighted by atomic mass is 127. The van der Waals surface area contributed by atoms with Gasteiger partial charge in [-0.05, 0) is 25.5 Å². The molecule has 0 amide bonds. The Bertz CT molecular complexity index is 475. The summed E-state index contributed by atoms with van der Waals surface area (Å²) in [6.07, 6.45) is 0. The van der Waals surface area contributed by atoms with Crippen LogP contribution < -0.4 is 10.6 Å². The first-order valence-electron chi connectivity index (χ1n) is 7.65. The molecule has 0 aromatic heterocycles. The number of halogens is 1. The van der Waals surface area contributed by atoms with Gasteiger partial charge in [-0.2, -0.15) is 11.8 Å². The van der Waals surface area contributed by atoms with Crippen LogP contribution in [0.2, 0.25) is 0 Å². The number of anilines is 1. The molecule has 1 fully saturated rings. The molecule has 0 spiro atoms. The monoisotopic (exact) mass is 434 g/mol. The fourth-order valence-corrected chi connectivity index (χ4v) is 3.45. The molecular weight excluding hydrogens is 407 g/mol. The Labute approximate surface area is 155 Å². The van der Waals surface area contributed by atoms with E-state index in [0.29, 0.717) is 5.96 Å². The molecule has 1 aliphatic rings. The summed E-state index contributed by atoms with van der Waals surface area (Å²) in [5.41, 5.74) is 8.70. The van der Waals surface area contributed by atoms with Crippen LogP contribution >= 0.6 is 35.7 Å². The first-order valence-corrected chi connectivity index (χ1v) is 8.81. The van der Waals surface area contributed by atoms with Crippen LogP contribution in [0, 0.1) is 6.92 Å². The van der Waals surface area contributed by atoms with Crippen molar-refractivity contribution >= 4 is 47.4 Å². The maximum absolute atomic E-state index is 6.09. The highest BCUT2D eigenvalue weighted by Crippen LogP contribution is 2.18. The number of aryl methyl sites for hydroxylation is 1. The molecule has 2 N–H and O–H groups in total. The molecule has 0 aliphatic carbocycles. The van der Waals surface area contributed by atoms with Gasteiger partial charge >= 0.3 is 0 Å². The third-order valence-corrected chi connectivity index (χ3v) is 4.76. The van der Waals surface area contributed by atoms with Crippen LogP contribution in [0.4, 0.5) is 5.69 Å². The number of guanidine groups is 1. The second-order valence-corrected chi connectivity index (χ2v) is 6.43. The minimum absolute atomic E-state index is 0. The first-order chi connectivity index (χ1) is 10.2. The number of thioether (sulfide) groups is 1. The lowest BCUT2D eigenvalue weighted by Crippen LogP contribution is -2.43. The largest absolute Gasteiger partial charge is 0.370 e. The summed E-state index contributed by atoms with van der Waals surface area (Å²) in [5.74, 6) is 3.01. The number of para-hydroxylation sites is 1. The van der Waals surface area contributed by atoms with Crippen molar-refractivity contribution in [2.75, 3.05) is 49.1 Å². The van der Waals surface area contributed by atoms with E-state index in [-0.39, 0.29) is 24.0 Å². The quantitative estimate of drug-likeness (QED) is 0.440. The van der Waals surface area contributed by atoms with Gasteiger partial charge in [0.15, 0.2) is 5.96 Å². The van der Waals surface area contributed by atoms with Gasteiger partial charge in [0.05, 0.1) is 6.54 Å². The average Bonchev–Trinajstić information content (AvgIpc) is 2.53. The average molecular weight is 434 g/mol. The van der Waals surface area contributed by atoms with Gasteiger partial charge in [-0.3, -0.25) is 4.99 Å². The van der Waals surface area contributed by atoms with E-state index >= 15 is 0 Å². The van der Waals surface area contributed by atoms with Crippen LogP contribution in [0.3, 0.4) is 0 Å². The lowest BCUT2D eigenvalue weighted by atomic mass is 10.2. The van der Waals surface area contributed by atoms with Gasteiger partial charge < -0.3 is 15.5 Å². The summed E-state index contributed by atoms with van der Waals surface area (Å²) in [4.78, 5) is 9.11. The predicted molar refractivity (Wildman–Crippen MR) is 110 cm³/mol. The summed E-state index contributed by atoms with van der Waals surface area (Å²) in [6, 6.07) is 8.50. The normalized spacial score (nSPS) is 15.4. The van der Waals surface area contributed by atoms with E-state index in [1.807, 2.05) is 11.8 Å². The number of rotatable bonds is 5. The first kappa shape index (κ1) is 19.4. The van der Waals surface area contributed by atoms with Crippen molar-refractivity contribution in [1.82, 2.24) is 4.90 Å². The van der Waals surface area contributed by atoms with Crippen LogP contribution in [-0.4, -0.2) is 55.1 Å². The lowest BCUT2D eigenvalue weighted by molar-refractivity contribution is 0.456. The highest BCUT2D eigenvalue weighted by Gasteiger charge is 2.12. The summed E-state index contributed by atoms with van der Waals surface area (Å²) in [6.45, 7) is 9.02. The fourth-order valence-electron chi connectivity index (χ4n) is 2.54. The van der Waals surface area contributed by atoms with Crippen molar-refractivity contribution in [2.24, 2.45) is 10.7 Å². The summed E-state index contributed by atoms with van der Waals surface area (Å²) in [5, 5.41) is 0. The molecule has 1 aromatic rings. The molecule has 0 saturated carbocycles. The van der Waals surface area contributed by atoms with E-state index in [0.717, 1.165) is 44.2 Å². The number of hydrogen-bond acceptors (Lipinski definition) is 3. The Morgan fingerprint density at radius 2 is 2.00 bits per heavy atom. The van der Waals surface area contributed by atoms with Gasteiger partial charge in [0.25, 0.3) is 0 Å². The number of hydrogen-bond donors (Lipinski definition) is 1. The molecule has 0 bridgehead atoms. The zero-order chi connectivity index (χ0) is 15.1. The zero-order valence-electron chi connectivity index (χ0n) is 13.5. The predicted octanol–water partition coefficient (Wildman–Crippen LogP) is 2.80. The molecule has 1 heterocycles. The van der Waals surface area contributed by atoms with E-state index < -0.39 is 0 Å². The van der Waals surface area contributed by atoms with Gasteiger partial charge in [0.2, 0.25) is 0 Å². The van der Waals surface area contributed by atoms with E-state index in [1.54, 1.807) is 0 Å². The lowest BCUT2D eigenvalue weighted by Gasteiger charge is -2.28. The van der Waals surface area contributed by atoms with E-state index in [4.69, 9.17) is 5.73 Å². The molecule has 0 atom stereocenters. The molecule has 1 saturated heterocycles. The smallest absolute Gasteiger partial charge is 0.191 e. The van der Waals surface area contributed by atoms with Crippen molar-refractivity contribution in [3.63, 3.8) is 0 Å². The Morgan fingerprint density at radius 3 is 2.64 bits per heavy atom. The molecule has 0 radical (unpaired) electrons. The Kier molecular flexibility index (Phi) is 9.00. The number of nitrogens with two attached hydrogens (primary N) is 1. The van der Waals surface area contributed by atoms with Crippen molar-refractivity contribution < 1.29 is 0 Å². The van der Waals surface area contributed by atoms with Gasteiger partial charge in [-0.15, -0.1) is 24.0 Å². The van der Waals surface area contributed by atoms with Crippen molar-refractivity contribution in [1.29, 1.82) is 0 Å². The number of nitrogens with zero attached hydrogens (tertiary/aromatic N) is 3. The molecule has 1 aromatic carbocycles. The van der Waals surface area contributed by atoms with E-state index in [9.17, 15) is 0 Å². The summed E-state index contributed by atoms with van der Waals surface area (Å²) in [7, 11) is 0. The topological polar surface area (TPSA) is 44.9 Å². The Balaban J connectivity index is 0.00000242. The summed E-state index contributed by atoms with van der Waals surface area (Å²) >= 11 is 1.99. The van der Waals surface area contributed by atoms with Crippen molar-refractivity contribution in [3.05, 3.63) is 29.8 Å². The molecule has 22 heavy (non-hydrogen) atoms. The highest BCUT2D eigenvalue weighted by molar-refractivity contribution is 14.0. The van der Waals surface area contributed by atoms with E-state index in [1.165, 1.54) is 11.3 Å². The molecular formula is C16H27IN4S. The van der Waals surface area contributed by atoms with Gasteiger partial charge in [-0.1, -0.05) is 18.2 Å². The molecule has 1 aliphatic heterocycles. The van der Waals surface area contributed by atoms with Crippen LogP contribution in [-0.2, 0) is 0 Å². The number of aliphatic imine (C=N–C) groups is 1. The molecule has 2 rings (SSSR count). The fraction of sp³-hybridized carbons (Fsp3) is 0.562. The minimum atomic E-state index is 0.